The summed E-state index contributed by atoms with van der Waals surface area (Å²) in [5.74, 6) is 1.32. The number of amides is 1. The van der Waals surface area contributed by atoms with Crippen LogP contribution in [0.2, 0.25) is 0 Å². The number of carboxylic acid groups (broad SMARTS) is 1. The van der Waals surface area contributed by atoms with E-state index in [1.807, 2.05) is 0 Å². The van der Waals surface area contributed by atoms with E-state index < -0.39 is 11.6 Å². The maximum Gasteiger partial charge on any atom is 0.336 e. The van der Waals surface area contributed by atoms with Gasteiger partial charge in [0.2, 0.25) is 5.91 Å². The highest BCUT2D eigenvalue weighted by molar-refractivity contribution is 5.94. The topological polar surface area (TPSA) is 91.1 Å². The molecule has 0 aliphatic carbocycles. The summed E-state index contributed by atoms with van der Waals surface area (Å²) in [6.07, 6.45) is 7.22. The molecular weight excluding hydrogens is 282 g/mol. The molecule has 22 heavy (non-hydrogen) atoms. The van der Waals surface area contributed by atoms with Crippen molar-refractivity contribution in [1.82, 2.24) is 0 Å². The Balaban J connectivity index is 1.89. The minimum absolute atomic E-state index is 0.176. The number of anilines is 1. The van der Waals surface area contributed by atoms with Crippen molar-refractivity contribution in [3.8, 4) is 12.3 Å². The van der Waals surface area contributed by atoms with Crippen LogP contribution in [0.4, 0.5) is 5.69 Å². The van der Waals surface area contributed by atoms with Gasteiger partial charge in [0.15, 0.2) is 5.66 Å². The Bertz CT molecular complexity index is 668. The molecule has 2 N–H and O–H groups in total. The van der Waals surface area contributed by atoms with Crippen LogP contribution in [0.15, 0.2) is 28.4 Å². The van der Waals surface area contributed by atoms with Gasteiger partial charge < -0.3 is 10.4 Å². The molecule has 0 bridgehead atoms. The molecule has 0 radical (unpaired) electrons. The molecule has 0 fully saturated rings. The number of nitrogens with one attached hydrogen (secondary N) is 1. The van der Waals surface area contributed by atoms with Crippen LogP contribution in [0.3, 0.4) is 0 Å². The van der Waals surface area contributed by atoms with Crippen molar-refractivity contribution in [2.75, 3.05) is 5.32 Å². The van der Waals surface area contributed by atoms with Gasteiger partial charge in [-0.2, -0.15) is 10.2 Å². The van der Waals surface area contributed by atoms with E-state index in [2.05, 4.69) is 21.5 Å². The molecule has 6 nitrogen and oxygen atoms in total. The van der Waals surface area contributed by atoms with E-state index in [0.29, 0.717) is 30.5 Å². The number of benzene rings is 1. The third-order valence-electron chi connectivity index (χ3n) is 3.56. The third-order valence-corrected chi connectivity index (χ3v) is 3.56. The van der Waals surface area contributed by atoms with Gasteiger partial charge in [-0.15, -0.1) is 12.3 Å². The van der Waals surface area contributed by atoms with Crippen molar-refractivity contribution in [3.63, 3.8) is 0 Å². The van der Waals surface area contributed by atoms with Crippen LogP contribution in [0.1, 0.15) is 41.6 Å². The number of hydrogen-bond acceptors (Lipinski definition) is 4. The predicted molar refractivity (Wildman–Crippen MR) is 81.7 cm³/mol. The number of carbonyl (C=O) groups excluding carboxylic acids is 1. The number of aryl methyl sites for hydroxylation is 1. The summed E-state index contributed by atoms with van der Waals surface area (Å²) in [4.78, 5) is 23.0. The van der Waals surface area contributed by atoms with Gasteiger partial charge in [0.25, 0.3) is 0 Å². The van der Waals surface area contributed by atoms with E-state index in [1.54, 1.807) is 19.1 Å². The maximum atomic E-state index is 11.9. The molecule has 1 aliphatic rings. The lowest BCUT2D eigenvalue weighted by Crippen LogP contribution is -2.18. The monoisotopic (exact) mass is 299 g/mol. The summed E-state index contributed by atoms with van der Waals surface area (Å²) in [6.45, 7) is 1.71. The Morgan fingerprint density at radius 1 is 1.36 bits per heavy atom. The first-order valence-electron chi connectivity index (χ1n) is 6.97. The lowest BCUT2D eigenvalue weighted by Gasteiger charge is -2.10. The molecule has 0 spiro atoms. The number of rotatable bonds is 7. The van der Waals surface area contributed by atoms with E-state index in [0.717, 1.165) is 0 Å². The summed E-state index contributed by atoms with van der Waals surface area (Å²) in [5, 5.41) is 19.7. The second kappa shape index (κ2) is 6.39. The van der Waals surface area contributed by atoms with Crippen molar-refractivity contribution < 1.29 is 14.7 Å². The zero-order valence-corrected chi connectivity index (χ0v) is 12.3. The molecule has 1 aromatic carbocycles. The number of carbonyl (C=O) groups is 2. The highest BCUT2D eigenvalue weighted by Crippen LogP contribution is 2.37. The van der Waals surface area contributed by atoms with Crippen molar-refractivity contribution in [1.29, 1.82) is 0 Å². The lowest BCUT2D eigenvalue weighted by atomic mass is 10.0. The van der Waals surface area contributed by atoms with E-state index in [9.17, 15) is 9.59 Å². The normalized spacial score (nSPS) is 14.2. The molecule has 0 atom stereocenters. The number of terminal acetylenes is 1. The average molecular weight is 299 g/mol. The first kappa shape index (κ1) is 15.7. The fourth-order valence-electron chi connectivity index (χ4n) is 2.14. The van der Waals surface area contributed by atoms with Gasteiger partial charge >= 0.3 is 5.97 Å². The smallest absolute Gasteiger partial charge is 0.336 e. The minimum Gasteiger partial charge on any atom is -0.478 e. The third kappa shape index (κ3) is 3.92. The fraction of sp³-hybridized carbons (Fsp3) is 0.375. The van der Waals surface area contributed by atoms with Crippen molar-refractivity contribution >= 4 is 17.6 Å². The Morgan fingerprint density at radius 2 is 2.09 bits per heavy atom. The van der Waals surface area contributed by atoms with Crippen LogP contribution < -0.4 is 5.32 Å². The summed E-state index contributed by atoms with van der Waals surface area (Å²) in [7, 11) is 0. The van der Waals surface area contributed by atoms with Crippen LogP contribution in [-0.4, -0.2) is 22.6 Å². The van der Waals surface area contributed by atoms with Gasteiger partial charge in [0.1, 0.15) is 0 Å². The molecule has 1 aromatic rings. The molecule has 6 heteroatoms. The summed E-state index contributed by atoms with van der Waals surface area (Å²) in [5.41, 5.74) is 0.809. The number of hydrogen-bond donors (Lipinski definition) is 2. The lowest BCUT2D eigenvalue weighted by molar-refractivity contribution is -0.116. The Kier molecular flexibility index (Phi) is 4.56. The maximum absolute atomic E-state index is 11.9. The minimum atomic E-state index is -1.02. The molecule has 1 aliphatic heterocycles. The largest absolute Gasteiger partial charge is 0.478 e. The average Bonchev–Trinajstić information content (AvgIpc) is 3.25. The molecule has 1 heterocycles. The van der Waals surface area contributed by atoms with Crippen LogP contribution in [0, 0.1) is 19.3 Å². The molecule has 0 unspecified atom stereocenters. The highest BCUT2D eigenvalue weighted by atomic mass is 16.4. The zero-order valence-electron chi connectivity index (χ0n) is 12.3. The zero-order chi connectivity index (χ0) is 16.2. The molecule has 0 saturated heterocycles. The van der Waals surface area contributed by atoms with E-state index in [-0.39, 0.29) is 17.9 Å². The number of aromatic carboxylic acids is 1. The Hall–Kier alpha value is -2.68. The van der Waals surface area contributed by atoms with Gasteiger partial charge in [0, 0.05) is 31.4 Å². The first-order chi connectivity index (χ1) is 10.5. The highest BCUT2D eigenvalue weighted by Gasteiger charge is 2.39. The van der Waals surface area contributed by atoms with Gasteiger partial charge in [-0.3, -0.25) is 4.79 Å². The van der Waals surface area contributed by atoms with Crippen LogP contribution >= 0.6 is 0 Å². The van der Waals surface area contributed by atoms with Crippen molar-refractivity contribution in [2.24, 2.45) is 10.2 Å². The van der Waals surface area contributed by atoms with Gasteiger partial charge in [-0.05, 0) is 24.6 Å². The molecule has 0 aromatic heterocycles. The second-order valence-electron chi connectivity index (χ2n) is 5.27. The molecular formula is C16H17N3O3. The van der Waals surface area contributed by atoms with E-state index >= 15 is 0 Å². The quantitative estimate of drug-likeness (QED) is 0.758. The Labute approximate surface area is 128 Å². The van der Waals surface area contributed by atoms with E-state index in [1.165, 1.54) is 6.07 Å². The predicted octanol–water partition coefficient (Wildman–Crippen LogP) is 2.99. The van der Waals surface area contributed by atoms with Crippen LogP contribution in [0.25, 0.3) is 0 Å². The number of nitrogens with zero attached hydrogens (tertiary/aromatic N) is 2. The van der Waals surface area contributed by atoms with Crippen LogP contribution in [-0.2, 0) is 4.79 Å². The molecule has 114 valence electrons. The molecule has 1 amide bonds. The molecule has 0 saturated carbocycles. The van der Waals surface area contributed by atoms with Gasteiger partial charge in [-0.1, -0.05) is 6.07 Å². The first-order valence-corrected chi connectivity index (χ1v) is 6.97. The second-order valence-corrected chi connectivity index (χ2v) is 5.27. The van der Waals surface area contributed by atoms with E-state index in [4.69, 9.17) is 11.5 Å². The Morgan fingerprint density at radius 3 is 2.68 bits per heavy atom. The molecule has 2 rings (SSSR count). The summed E-state index contributed by atoms with van der Waals surface area (Å²) < 4.78 is 0. The SMILES string of the molecule is C#CCCC1(CCC(=O)Nc2ccc(C)c(C(=O)O)c2)N=N1. The van der Waals surface area contributed by atoms with Crippen molar-refractivity contribution in [3.05, 3.63) is 29.3 Å². The van der Waals surface area contributed by atoms with Crippen LogP contribution in [0.5, 0.6) is 0 Å². The standard InChI is InChI=1S/C16H17N3O3/c1-3-4-8-16(18-19-16)9-7-14(20)17-12-6-5-11(2)13(10-12)15(21)22/h1,5-6,10H,4,7-9H2,2H3,(H,17,20)(H,21,22). The summed E-state index contributed by atoms with van der Waals surface area (Å²) in [6, 6.07) is 4.80. The van der Waals surface area contributed by atoms with Crippen molar-refractivity contribution in [2.45, 2.75) is 38.3 Å². The fourth-order valence-corrected chi connectivity index (χ4v) is 2.14. The van der Waals surface area contributed by atoms with Gasteiger partial charge in [0.05, 0.1) is 5.56 Å². The van der Waals surface area contributed by atoms with Gasteiger partial charge in [-0.25, -0.2) is 4.79 Å². The summed E-state index contributed by atoms with van der Waals surface area (Å²) >= 11 is 0. The number of carboxylic acids is 1.